The van der Waals surface area contributed by atoms with E-state index in [0.29, 0.717) is 6.04 Å². The van der Waals surface area contributed by atoms with Gasteiger partial charge in [0.2, 0.25) is 0 Å². The third-order valence-corrected chi connectivity index (χ3v) is 3.85. The first-order valence-corrected chi connectivity index (χ1v) is 6.32. The van der Waals surface area contributed by atoms with Gasteiger partial charge in [0.15, 0.2) is 0 Å². The molecule has 94 valence electrons. The fourth-order valence-electron chi connectivity index (χ4n) is 2.24. The van der Waals surface area contributed by atoms with Crippen molar-refractivity contribution in [3.05, 3.63) is 22.2 Å². The first-order valence-electron chi connectivity index (χ1n) is 5.94. The van der Waals surface area contributed by atoms with E-state index < -0.39 is 0 Å². The fraction of sp³-hybridized carbons (Fsp3) is 0.538. The van der Waals surface area contributed by atoms with E-state index in [1.54, 1.807) is 7.11 Å². The van der Waals surface area contributed by atoms with E-state index in [2.05, 4.69) is 10.6 Å². The van der Waals surface area contributed by atoms with Gasteiger partial charge in [-0.25, -0.2) is 0 Å². The topological polar surface area (TPSA) is 33.3 Å². The molecule has 0 bridgehead atoms. The highest BCUT2D eigenvalue weighted by Gasteiger charge is 2.19. The minimum absolute atomic E-state index is 0.460. The summed E-state index contributed by atoms with van der Waals surface area (Å²) < 4.78 is 5.43. The fourth-order valence-corrected chi connectivity index (χ4v) is 2.39. The number of methoxy groups -OCH3 is 1. The van der Waals surface area contributed by atoms with Gasteiger partial charge < -0.3 is 15.4 Å². The van der Waals surface area contributed by atoms with Crippen molar-refractivity contribution in [3.63, 3.8) is 0 Å². The maximum atomic E-state index is 6.29. The molecule has 0 aliphatic carbocycles. The van der Waals surface area contributed by atoms with Crippen molar-refractivity contribution in [2.24, 2.45) is 0 Å². The van der Waals surface area contributed by atoms with E-state index in [4.69, 9.17) is 16.3 Å². The second-order valence-electron chi connectivity index (χ2n) is 4.54. The Bertz CT molecular complexity index is 414. The number of halogens is 1. The lowest BCUT2D eigenvalue weighted by Crippen LogP contribution is -2.23. The average Bonchev–Trinajstić information content (AvgIpc) is 2.82. The number of ether oxygens (including phenoxy) is 1. The molecule has 1 fully saturated rings. The zero-order valence-corrected chi connectivity index (χ0v) is 11.3. The van der Waals surface area contributed by atoms with Gasteiger partial charge in [-0.05, 0) is 44.0 Å². The van der Waals surface area contributed by atoms with E-state index in [1.807, 2.05) is 19.9 Å². The third kappa shape index (κ3) is 2.50. The summed E-state index contributed by atoms with van der Waals surface area (Å²) in [5.41, 5.74) is 3.14. The Labute approximate surface area is 107 Å². The Balaban J connectivity index is 2.33. The summed E-state index contributed by atoms with van der Waals surface area (Å²) in [6, 6.07) is 2.45. The van der Waals surface area contributed by atoms with Gasteiger partial charge in [-0.2, -0.15) is 0 Å². The number of anilines is 1. The molecule has 1 aliphatic rings. The third-order valence-electron chi connectivity index (χ3n) is 3.27. The van der Waals surface area contributed by atoms with Crippen LogP contribution < -0.4 is 15.4 Å². The number of nitrogens with one attached hydrogen (secondary N) is 2. The predicted octanol–water partition coefficient (Wildman–Crippen LogP) is 2.74. The van der Waals surface area contributed by atoms with Crippen molar-refractivity contribution < 1.29 is 4.74 Å². The maximum absolute atomic E-state index is 6.29. The molecule has 0 amide bonds. The number of aryl methyl sites for hydroxylation is 1. The molecule has 1 heterocycles. The van der Waals surface area contributed by atoms with Gasteiger partial charge in [0, 0.05) is 17.6 Å². The summed E-state index contributed by atoms with van der Waals surface area (Å²) in [4.78, 5) is 0. The molecule has 1 aromatic carbocycles. The van der Waals surface area contributed by atoms with Crippen molar-refractivity contribution in [3.8, 4) is 5.75 Å². The molecular weight excluding hydrogens is 236 g/mol. The van der Waals surface area contributed by atoms with Crippen LogP contribution in [0.25, 0.3) is 0 Å². The monoisotopic (exact) mass is 254 g/mol. The van der Waals surface area contributed by atoms with E-state index in [1.165, 1.54) is 0 Å². The average molecular weight is 255 g/mol. The lowest BCUT2D eigenvalue weighted by Gasteiger charge is -2.20. The van der Waals surface area contributed by atoms with E-state index >= 15 is 0 Å². The lowest BCUT2D eigenvalue weighted by atomic mass is 10.1. The molecule has 1 aromatic rings. The summed E-state index contributed by atoms with van der Waals surface area (Å²) >= 11 is 6.29. The number of rotatable bonds is 3. The van der Waals surface area contributed by atoms with Crippen LogP contribution >= 0.6 is 11.6 Å². The molecule has 0 spiro atoms. The first-order chi connectivity index (χ1) is 8.13. The van der Waals surface area contributed by atoms with Gasteiger partial charge in [-0.1, -0.05) is 11.6 Å². The largest absolute Gasteiger partial charge is 0.495 e. The maximum Gasteiger partial charge on any atom is 0.142 e. The smallest absolute Gasteiger partial charge is 0.142 e. The van der Waals surface area contributed by atoms with Crippen LogP contribution in [0.5, 0.6) is 5.75 Å². The summed E-state index contributed by atoms with van der Waals surface area (Å²) in [5.74, 6) is 0.872. The molecule has 1 saturated heterocycles. The molecule has 17 heavy (non-hydrogen) atoms. The van der Waals surface area contributed by atoms with Crippen molar-refractivity contribution in [2.45, 2.75) is 26.3 Å². The van der Waals surface area contributed by atoms with Crippen LogP contribution in [0.4, 0.5) is 5.69 Å². The second kappa shape index (κ2) is 5.15. The first kappa shape index (κ1) is 12.5. The molecule has 1 unspecified atom stereocenters. The normalized spacial score (nSPS) is 19.4. The summed E-state index contributed by atoms with van der Waals surface area (Å²) in [5, 5.41) is 7.68. The summed E-state index contributed by atoms with van der Waals surface area (Å²) in [7, 11) is 1.69. The summed E-state index contributed by atoms with van der Waals surface area (Å²) in [6.07, 6.45) is 1.13. The van der Waals surface area contributed by atoms with Gasteiger partial charge in [0.25, 0.3) is 0 Å². The predicted molar refractivity (Wildman–Crippen MR) is 72.4 cm³/mol. The van der Waals surface area contributed by atoms with Crippen molar-refractivity contribution >= 4 is 17.3 Å². The standard InChI is InChI=1S/C13H19ClN2O/c1-8-6-11(17-3)13(9(2)12(8)14)16-10-4-5-15-7-10/h6,10,15-16H,4-5,7H2,1-3H3. The van der Waals surface area contributed by atoms with E-state index in [0.717, 1.165) is 47.1 Å². The van der Waals surface area contributed by atoms with Gasteiger partial charge in [0.1, 0.15) is 5.75 Å². The van der Waals surface area contributed by atoms with Crippen LogP contribution in [0.3, 0.4) is 0 Å². The molecule has 1 atom stereocenters. The minimum Gasteiger partial charge on any atom is -0.495 e. The van der Waals surface area contributed by atoms with Crippen LogP contribution in [0, 0.1) is 13.8 Å². The van der Waals surface area contributed by atoms with Crippen LogP contribution in [0.2, 0.25) is 5.02 Å². The number of benzene rings is 1. The highest BCUT2D eigenvalue weighted by Crippen LogP contribution is 2.36. The van der Waals surface area contributed by atoms with Crippen molar-refractivity contribution in [2.75, 3.05) is 25.5 Å². The van der Waals surface area contributed by atoms with Crippen LogP contribution in [-0.4, -0.2) is 26.2 Å². The van der Waals surface area contributed by atoms with Crippen LogP contribution in [0.15, 0.2) is 6.07 Å². The molecule has 2 rings (SSSR count). The highest BCUT2D eigenvalue weighted by atomic mass is 35.5. The Morgan fingerprint density at radius 3 is 2.82 bits per heavy atom. The molecule has 2 N–H and O–H groups in total. The zero-order chi connectivity index (χ0) is 12.4. The Morgan fingerprint density at radius 1 is 1.47 bits per heavy atom. The number of hydrogen-bond donors (Lipinski definition) is 2. The summed E-state index contributed by atoms with van der Waals surface area (Å²) in [6.45, 7) is 6.09. The van der Waals surface area contributed by atoms with Gasteiger partial charge in [-0.15, -0.1) is 0 Å². The number of hydrogen-bond acceptors (Lipinski definition) is 3. The van der Waals surface area contributed by atoms with Gasteiger partial charge in [0.05, 0.1) is 12.8 Å². The van der Waals surface area contributed by atoms with Crippen LogP contribution in [0.1, 0.15) is 17.5 Å². The molecule has 0 radical (unpaired) electrons. The Kier molecular flexibility index (Phi) is 3.79. The lowest BCUT2D eigenvalue weighted by molar-refractivity contribution is 0.415. The quantitative estimate of drug-likeness (QED) is 0.870. The van der Waals surface area contributed by atoms with Crippen molar-refractivity contribution in [1.82, 2.24) is 5.32 Å². The Morgan fingerprint density at radius 2 is 2.24 bits per heavy atom. The van der Waals surface area contributed by atoms with E-state index in [9.17, 15) is 0 Å². The molecule has 0 saturated carbocycles. The molecule has 0 aromatic heterocycles. The van der Waals surface area contributed by atoms with Crippen molar-refractivity contribution in [1.29, 1.82) is 0 Å². The van der Waals surface area contributed by atoms with Crippen LogP contribution in [-0.2, 0) is 0 Å². The van der Waals surface area contributed by atoms with E-state index in [-0.39, 0.29) is 0 Å². The zero-order valence-electron chi connectivity index (χ0n) is 10.6. The van der Waals surface area contributed by atoms with Gasteiger partial charge >= 0.3 is 0 Å². The Hall–Kier alpha value is -0.930. The SMILES string of the molecule is COc1cc(C)c(Cl)c(C)c1NC1CCNC1. The second-order valence-corrected chi connectivity index (χ2v) is 4.92. The minimum atomic E-state index is 0.460. The highest BCUT2D eigenvalue weighted by molar-refractivity contribution is 6.32. The molecule has 1 aliphatic heterocycles. The molecule has 4 heteroatoms. The molecule has 3 nitrogen and oxygen atoms in total. The molecular formula is C13H19ClN2O. The van der Waals surface area contributed by atoms with Gasteiger partial charge in [-0.3, -0.25) is 0 Å².